The van der Waals surface area contributed by atoms with Gasteiger partial charge in [0, 0.05) is 11.1 Å². The predicted molar refractivity (Wildman–Crippen MR) is 43.7 cm³/mol. The van der Waals surface area contributed by atoms with Gasteiger partial charge in [-0.3, -0.25) is 10.1 Å². The normalized spacial score (nSPS) is 10.1. The number of aliphatic hydroxyl groups is 1. The molecule has 0 spiro atoms. The number of benzene rings is 1. The first-order chi connectivity index (χ1) is 6.07. The maximum absolute atomic E-state index is 13.2. The Kier molecular flexibility index (Phi) is 2.57. The second-order valence-corrected chi connectivity index (χ2v) is 2.62. The van der Waals surface area contributed by atoms with Crippen LogP contribution in [0.1, 0.15) is 11.1 Å². The van der Waals surface area contributed by atoms with E-state index in [1.54, 1.807) is 0 Å². The molecule has 0 amide bonds. The van der Waals surface area contributed by atoms with Crippen LogP contribution in [0.3, 0.4) is 0 Å². The summed E-state index contributed by atoms with van der Waals surface area (Å²) in [5.74, 6) is -0.951. The number of hydrogen-bond donors (Lipinski definition) is 1. The van der Waals surface area contributed by atoms with Gasteiger partial charge in [-0.1, -0.05) is 12.1 Å². The lowest BCUT2D eigenvalue weighted by Crippen LogP contribution is -1.99. The van der Waals surface area contributed by atoms with E-state index in [2.05, 4.69) is 0 Å². The summed E-state index contributed by atoms with van der Waals surface area (Å²) < 4.78 is 13.2. The van der Waals surface area contributed by atoms with Gasteiger partial charge in [-0.05, 0) is 6.92 Å². The molecule has 5 heteroatoms. The minimum atomic E-state index is -0.951. The first-order valence-electron chi connectivity index (χ1n) is 3.61. The molecule has 0 fully saturated rings. The van der Waals surface area contributed by atoms with Crippen LogP contribution in [0.15, 0.2) is 12.1 Å². The fourth-order valence-electron chi connectivity index (χ4n) is 1.05. The standard InChI is InChI=1S/C8H8FNO3/c1-5-2-3-6(4-11)7(9)8(5)10(12)13/h2-3,11H,4H2,1H3. The molecule has 0 atom stereocenters. The highest BCUT2D eigenvalue weighted by Crippen LogP contribution is 2.24. The minimum absolute atomic E-state index is 0.0581. The van der Waals surface area contributed by atoms with E-state index in [1.165, 1.54) is 19.1 Å². The highest BCUT2D eigenvalue weighted by molar-refractivity contribution is 5.44. The summed E-state index contributed by atoms with van der Waals surface area (Å²) in [5.41, 5.74) is -0.372. The van der Waals surface area contributed by atoms with Gasteiger partial charge in [0.1, 0.15) is 0 Å². The molecule has 13 heavy (non-hydrogen) atoms. The van der Waals surface area contributed by atoms with Crippen molar-refractivity contribution in [1.29, 1.82) is 0 Å². The van der Waals surface area contributed by atoms with Gasteiger partial charge in [0.05, 0.1) is 11.5 Å². The zero-order chi connectivity index (χ0) is 10.0. The number of aryl methyl sites for hydroxylation is 1. The molecule has 0 aliphatic carbocycles. The van der Waals surface area contributed by atoms with E-state index >= 15 is 0 Å². The lowest BCUT2D eigenvalue weighted by atomic mass is 10.1. The molecular formula is C8H8FNO3. The van der Waals surface area contributed by atoms with Gasteiger partial charge < -0.3 is 5.11 Å². The molecule has 4 nitrogen and oxygen atoms in total. The van der Waals surface area contributed by atoms with Crippen molar-refractivity contribution in [3.63, 3.8) is 0 Å². The maximum atomic E-state index is 13.2. The first kappa shape index (κ1) is 9.60. The summed E-state index contributed by atoms with van der Waals surface area (Å²) in [4.78, 5) is 9.61. The maximum Gasteiger partial charge on any atom is 0.308 e. The van der Waals surface area contributed by atoms with Crippen molar-refractivity contribution >= 4 is 5.69 Å². The number of nitrogens with zero attached hydrogens (tertiary/aromatic N) is 1. The lowest BCUT2D eigenvalue weighted by Gasteiger charge is -2.01. The van der Waals surface area contributed by atoms with Crippen LogP contribution < -0.4 is 0 Å². The zero-order valence-corrected chi connectivity index (χ0v) is 6.95. The molecule has 70 valence electrons. The Morgan fingerprint density at radius 1 is 1.62 bits per heavy atom. The lowest BCUT2D eigenvalue weighted by molar-refractivity contribution is -0.388. The third-order valence-corrected chi connectivity index (χ3v) is 1.75. The summed E-state index contributed by atoms with van der Waals surface area (Å²) in [6.07, 6.45) is 0. The Bertz CT molecular complexity index is 351. The van der Waals surface area contributed by atoms with Gasteiger partial charge in [0.25, 0.3) is 0 Å². The van der Waals surface area contributed by atoms with Crippen molar-refractivity contribution < 1.29 is 14.4 Å². The van der Waals surface area contributed by atoms with E-state index in [1.807, 2.05) is 0 Å². The molecule has 1 aromatic carbocycles. The summed E-state index contributed by atoms with van der Waals surface area (Å²) in [6.45, 7) is 0.912. The van der Waals surface area contributed by atoms with Gasteiger partial charge in [0.2, 0.25) is 5.82 Å². The predicted octanol–water partition coefficient (Wildman–Crippen LogP) is 1.53. The third-order valence-electron chi connectivity index (χ3n) is 1.75. The Balaban J connectivity index is 3.38. The monoisotopic (exact) mass is 185 g/mol. The molecular weight excluding hydrogens is 177 g/mol. The molecule has 0 saturated carbocycles. The quantitative estimate of drug-likeness (QED) is 0.561. The van der Waals surface area contributed by atoms with E-state index in [0.717, 1.165) is 0 Å². The van der Waals surface area contributed by atoms with Crippen LogP contribution in [-0.4, -0.2) is 10.0 Å². The van der Waals surface area contributed by atoms with E-state index in [4.69, 9.17) is 5.11 Å². The summed E-state index contributed by atoms with van der Waals surface area (Å²) in [6, 6.07) is 2.74. The number of halogens is 1. The van der Waals surface area contributed by atoms with Crippen molar-refractivity contribution in [3.05, 3.63) is 39.2 Å². The molecule has 0 radical (unpaired) electrons. The van der Waals surface area contributed by atoms with Crippen molar-refractivity contribution in [2.45, 2.75) is 13.5 Å². The van der Waals surface area contributed by atoms with E-state index < -0.39 is 23.0 Å². The van der Waals surface area contributed by atoms with Crippen LogP contribution in [0.25, 0.3) is 0 Å². The number of nitro groups is 1. The van der Waals surface area contributed by atoms with Crippen LogP contribution in [0.2, 0.25) is 0 Å². The van der Waals surface area contributed by atoms with Crippen LogP contribution in [-0.2, 0) is 6.61 Å². The van der Waals surface area contributed by atoms with Crippen molar-refractivity contribution in [1.82, 2.24) is 0 Å². The highest BCUT2D eigenvalue weighted by atomic mass is 19.1. The SMILES string of the molecule is Cc1ccc(CO)c(F)c1[N+](=O)[O-]. The number of nitro benzene ring substituents is 1. The molecule has 0 aliphatic rings. The van der Waals surface area contributed by atoms with E-state index in [9.17, 15) is 14.5 Å². The molecule has 1 rings (SSSR count). The minimum Gasteiger partial charge on any atom is -0.392 e. The highest BCUT2D eigenvalue weighted by Gasteiger charge is 2.20. The average molecular weight is 185 g/mol. The van der Waals surface area contributed by atoms with Gasteiger partial charge in [-0.25, -0.2) is 0 Å². The van der Waals surface area contributed by atoms with Crippen LogP contribution in [0, 0.1) is 22.9 Å². The smallest absolute Gasteiger partial charge is 0.308 e. The third kappa shape index (κ3) is 1.65. The molecule has 0 heterocycles. The Morgan fingerprint density at radius 2 is 2.23 bits per heavy atom. The summed E-state index contributed by atoms with van der Waals surface area (Å²) >= 11 is 0. The molecule has 1 N–H and O–H groups in total. The number of hydrogen-bond acceptors (Lipinski definition) is 3. The van der Waals surface area contributed by atoms with Crippen molar-refractivity contribution in [2.24, 2.45) is 0 Å². The van der Waals surface area contributed by atoms with Crippen molar-refractivity contribution in [3.8, 4) is 0 Å². The Morgan fingerprint density at radius 3 is 2.69 bits per heavy atom. The number of rotatable bonds is 2. The summed E-state index contributed by atoms with van der Waals surface area (Å²) in [5, 5.41) is 19.0. The van der Waals surface area contributed by atoms with Crippen LogP contribution in [0.4, 0.5) is 10.1 Å². The topological polar surface area (TPSA) is 63.4 Å². The van der Waals surface area contributed by atoms with Gasteiger partial charge in [0.15, 0.2) is 0 Å². The fourth-order valence-corrected chi connectivity index (χ4v) is 1.05. The van der Waals surface area contributed by atoms with Gasteiger partial charge >= 0.3 is 5.69 Å². The zero-order valence-electron chi connectivity index (χ0n) is 6.95. The average Bonchev–Trinajstić information content (AvgIpc) is 2.04. The first-order valence-corrected chi connectivity index (χ1v) is 3.61. The molecule has 0 bridgehead atoms. The van der Waals surface area contributed by atoms with Gasteiger partial charge in [-0.15, -0.1) is 0 Å². The van der Waals surface area contributed by atoms with E-state index in [0.29, 0.717) is 0 Å². The Hall–Kier alpha value is -1.49. The fraction of sp³-hybridized carbons (Fsp3) is 0.250. The summed E-state index contributed by atoms with van der Waals surface area (Å²) in [7, 11) is 0. The molecule has 0 aliphatic heterocycles. The Labute approximate surface area is 73.8 Å². The molecule has 1 aromatic rings. The molecule has 0 unspecified atom stereocenters. The van der Waals surface area contributed by atoms with Gasteiger partial charge in [-0.2, -0.15) is 4.39 Å². The van der Waals surface area contributed by atoms with Crippen molar-refractivity contribution in [2.75, 3.05) is 0 Å². The largest absolute Gasteiger partial charge is 0.392 e. The van der Waals surface area contributed by atoms with Crippen LogP contribution >= 0.6 is 0 Å². The second-order valence-electron chi connectivity index (χ2n) is 2.62. The molecule has 0 saturated heterocycles. The van der Waals surface area contributed by atoms with E-state index in [-0.39, 0.29) is 11.1 Å². The molecule has 0 aromatic heterocycles. The van der Waals surface area contributed by atoms with Crippen LogP contribution in [0.5, 0.6) is 0 Å². The number of aliphatic hydroxyl groups excluding tert-OH is 1. The second kappa shape index (κ2) is 3.49.